The molecule has 0 saturated carbocycles. The van der Waals surface area contributed by atoms with Gasteiger partial charge in [0.1, 0.15) is 11.5 Å². The Hall–Kier alpha value is -2.19. The molecule has 0 bridgehead atoms. The normalized spacial score (nSPS) is 15.0. The summed E-state index contributed by atoms with van der Waals surface area (Å²) in [6, 6.07) is 5.90. The van der Waals surface area contributed by atoms with Gasteiger partial charge < -0.3 is 14.4 Å². The molecule has 0 aromatic heterocycles. The van der Waals surface area contributed by atoms with Crippen LogP contribution < -0.4 is 9.47 Å². The molecule has 0 N–H and O–H groups in total. The van der Waals surface area contributed by atoms with Crippen molar-refractivity contribution < 1.29 is 14.3 Å². The number of nitrogens with zero attached hydrogens (tertiary/aromatic N) is 2. The summed E-state index contributed by atoms with van der Waals surface area (Å²) >= 11 is 0. The van der Waals surface area contributed by atoms with Crippen molar-refractivity contribution in [2.45, 2.75) is 13.5 Å². The average molecular weight is 302 g/mol. The van der Waals surface area contributed by atoms with Gasteiger partial charge in [0.15, 0.2) is 0 Å². The average Bonchev–Trinajstić information content (AvgIpc) is 2.55. The Morgan fingerprint density at radius 1 is 1.09 bits per heavy atom. The number of piperazine rings is 1. The molecule has 1 aliphatic rings. The molecule has 1 saturated heterocycles. The Morgan fingerprint density at radius 2 is 1.68 bits per heavy atom. The lowest BCUT2D eigenvalue weighted by Crippen LogP contribution is -2.47. The number of methoxy groups -OCH3 is 2. The van der Waals surface area contributed by atoms with Crippen molar-refractivity contribution in [2.75, 3.05) is 40.4 Å². The van der Waals surface area contributed by atoms with E-state index >= 15 is 0 Å². The molecule has 1 aliphatic heterocycles. The van der Waals surface area contributed by atoms with E-state index in [1.807, 2.05) is 18.2 Å². The second-order valence-corrected chi connectivity index (χ2v) is 5.16. The van der Waals surface area contributed by atoms with Crippen molar-refractivity contribution >= 4 is 5.91 Å². The van der Waals surface area contributed by atoms with Gasteiger partial charge in [-0.3, -0.25) is 9.69 Å². The third-order valence-corrected chi connectivity index (χ3v) is 3.71. The van der Waals surface area contributed by atoms with Crippen molar-refractivity contribution in [3.8, 4) is 23.3 Å². The minimum atomic E-state index is -0.0785. The molecule has 22 heavy (non-hydrogen) atoms. The molecule has 0 unspecified atom stereocenters. The Bertz CT molecular complexity index is 559. The molecule has 5 nitrogen and oxygen atoms in total. The van der Waals surface area contributed by atoms with Gasteiger partial charge in [-0.15, -0.1) is 0 Å². The molecule has 118 valence electrons. The second-order valence-electron chi connectivity index (χ2n) is 5.16. The van der Waals surface area contributed by atoms with E-state index in [1.165, 1.54) is 0 Å². The maximum atomic E-state index is 11.7. The summed E-state index contributed by atoms with van der Waals surface area (Å²) < 4.78 is 10.6. The van der Waals surface area contributed by atoms with Gasteiger partial charge in [0.25, 0.3) is 5.91 Å². The summed E-state index contributed by atoms with van der Waals surface area (Å²) in [5.74, 6) is 6.76. The molecule has 0 atom stereocenters. The van der Waals surface area contributed by atoms with Crippen LogP contribution >= 0.6 is 0 Å². The zero-order valence-electron chi connectivity index (χ0n) is 13.4. The molecular weight excluding hydrogens is 280 g/mol. The first-order chi connectivity index (χ1) is 10.7. The highest BCUT2D eigenvalue weighted by Gasteiger charge is 2.20. The maximum absolute atomic E-state index is 11.7. The number of hydrogen-bond donors (Lipinski definition) is 0. The number of rotatable bonds is 4. The van der Waals surface area contributed by atoms with Crippen molar-refractivity contribution in [2.24, 2.45) is 0 Å². The highest BCUT2D eigenvalue weighted by atomic mass is 16.5. The van der Waals surface area contributed by atoms with Crippen LogP contribution in [-0.4, -0.2) is 56.1 Å². The van der Waals surface area contributed by atoms with Crippen molar-refractivity contribution in [1.29, 1.82) is 0 Å². The van der Waals surface area contributed by atoms with Crippen LogP contribution in [0.2, 0.25) is 0 Å². The topological polar surface area (TPSA) is 42.0 Å². The molecule has 1 fully saturated rings. The lowest BCUT2D eigenvalue weighted by atomic mass is 10.1. The van der Waals surface area contributed by atoms with Gasteiger partial charge in [0.2, 0.25) is 0 Å². The molecule has 1 aromatic carbocycles. The van der Waals surface area contributed by atoms with Gasteiger partial charge in [0, 0.05) is 38.8 Å². The van der Waals surface area contributed by atoms with E-state index in [-0.39, 0.29) is 5.91 Å². The van der Waals surface area contributed by atoms with Gasteiger partial charge in [-0.05, 0) is 30.5 Å². The standard InChI is InChI=1S/C17H22N2O3/c1-4-5-17(20)19-8-6-18(7-9-19)13-14-10-15(21-2)12-16(11-14)22-3/h10-12H,6-9,13H2,1-3H3. The van der Waals surface area contributed by atoms with Crippen molar-refractivity contribution in [3.63, 3.8) is 0 Å². The summed E-state index contributed by atoms with van der Waals surface area (Å²) in [5, 5.41) is 0. The van der Waals surface area contributed by atoms with E-state index in [4.69, 9.17) is 9.47 Å². The predicted octanol–water partition coefficient (Wildman–Crippen LogP) is 1.37. The van der Waals surface area contributed by atoms with Gasteiger partial charge in [0.05, 0.1) is 14.2 Å². The lowest BCUT2D eigenvalue weighted by molar-refractivity contribution is -0.126. The molecule has 5 heteroatoms. The summed E-state index contributed by atoms with van der Waals surface area (Å²) in [4.78, 5) is 15.9. The molecule has 0 aliphatic carbocycles. The highest BCUT2D eigenvalue weighted by molar-refractivity contribution is 5.93. The predicted molar refractivity (Wildman–Crippen MR) is 84.9 cm³/mol. The second kappa shape index (κ2) is 7.71. The summed E-state index contributed by atoms with van der Waals surface area (Å²) in [6.07, 6.45) is 0. The fraction of sp³-hybridized carbons (Fsp3) is 0.471. The Kier molecular flexibility index (Phi) is 5.68. The van der Waals surface area contributed by atoms with Crippen molar-refractivity contribution in [3.05, 3.63) is 23.8 Å². The fourth-order valence-electron chi connectivity index (χ4n) is 2.51. The zero-order valence-corrected chi connectivity index (χ0v) is 13.4. The quantitative estimate of drug-likeness (QED) is 0.788. The number of ether oxygens (including phenoxy) is 2. The van der Waals surface area contributed by atoms with E-state index in [2.05, 4.69) is 16.7 Å². The van der Waals surface area contributed by atoms with Crippen LogP contribution in [0.1, 0.15) is 12.5 Å². The first-order valence-corrected chi connectivity index (χ1v) is 7.32. The number of carbonyl (C=O) groups is 1. The van der Waals surface area contributed by atoms with Crippen LogP contribution in [0.4, 0.5) is 0 Å². The number of benzene rings is 1. The zero-order chi connectivity index (χ0) is 15.9. The van der Waals surface area contributed by atoms with Crippen molar-refractivity contribution in [1.82, 2.24) is 9.80 Å². The maximum Gasteiger partial charge on any atom is 0.298 e. The Labute approximate surface area is 131 Å². The van der Waals surface area contributed by atoms with Crippen LogP contribution in [0, 0.1) is 11.8 Å². The first-order valence-electron chi connectivity index (χ1n) is 7.32. The minimum Gasteiger partial charge on any atom is -0.497 e. The van der Waals surface area contributed by atoms with Crippen LogP contribution in [-0.2, 0) is 11.3 Å². The van der Waals surface area contributed by atoms with Crippen LogP contribution in [0.5, 0.6) is 11.5 Å². The van der Waals surface area contributed by atoms with Gasteiger partial charge in [-0.25, -0.2) is 0 Å². The van der Waals surface area contributed by atoms with E-state index in [0.717, 1.165) is 36.7 Å². The largest absolute Gasteiger partial charge is 0.497 e. The Morgan fingerprint density at radius 3 is 2.18 bits per heavy atom. The van der Waals surface area contributed by atoms with Gasteiger partial charge >= 0.3 is 0 Å². The van der Waals surface area contributed by atoms with E-state index < -0.39 is 0 Å². The molecule has 0 radical (unpaired) electrons. The molecule has 0 spiro atoms. The van der Waals surface area contributed by atoms with Crippen LogP contribution in [0.25, 0.3) is 0 Å². The third-order valence-electron chi connectivity index (χ3n) is 3.71. The summed E-state index contributed by atoms with van der Waals surface area (Å²) in [7, 11) is 3.30. The molecular formula is C17H22N2O3. The number of amides is 1. The van der Waals surface area contributed by atoms with E-state index in [1.54, 1.807) is 26.0 Å². The van der Waals surface area contributed by atoms with Gasteiger partial charge in [-0.2, -0.15) is 0 Å². The molecule has 2 rings (SSSR count). The fourth-order valence-corrected chi connectivity index (χ4v) is 2.51. The van der Waals surface area contributed by atoms with E-state index in [9.17, 15) is 4.79 Å². The smallest absolute Gasteiger partial charge is 0.298 e. The summed E-state index contributed by atoms with van der Waals surface area (Å²) in [6.45, 7) is 5.62. The number of hydrogen-bond acceptors (Lipinski definition) is 4. The summed E-state index contributed by atoms with van der Waals surface area (Å²) in [5.41, 5.74) is 1.14. The lowest BCUT2D eigenvalue weighted by Gasteiger charge is -2.33. The molecule has 1 heterocycles. The Balaban J connectivity index is 1.95. The highest BCUT2D eigenvalue weighted by Crippen LogP contribution is 2.23. The molecule has 1 amide bonds. The van der Waals surface area contributed by atoms with Crippen LogP contribution in [0.3, 0.4) is 0 Å². The first kappa shape index (κ1) is 16.2. The van der Waals surface area contributed by atoms with Gasteiger partial charge in [-0.1, -0.05) is 5.92 Å². The van der Waals surface area contributed by atoms with Crippen LogP contribution in [0.15, 0.2) is 18.2 Å². The van der Waals surface area contributed by atoms with E-state index in [0.29, 0.717) is 13.1 Å². The molecule has 1 aromatic rings. The SMILES string of the molecule is CC#CC(=O)N1CCN(Cc2cc(OC)cc(OC)c2)CC1. The third kappa shape index (κ3) is 4.15. The minimum absolute atomic E-state index is 0.0785. The number of carbonyl (C=O) groups excluding carboxylic acids is 1. The monoisotopic (exact) mass is 302 g/mol.